The summed E-state index contributed by atoms with van der Waals surface area (Å²) in [5.74, 6) is 0.549. The van der Waals surface area contributed by atoms with Gasteiger partial charge in [0.25, 0.3) is 5.91 Å². The number of carbonyl (C=O) groups excluding carboxylic acids is 1. The second kappa shape index (κ2) is 8.57. The topological polar surface area (TPSA) is 29.5 Å². The fourth-order valence-corrected chi connectivity index (χ4v) is 4.19. The molecule has 3 heteroatoms. The highest BCUT2D eigenvalue weighted by atomic mass is 16.5. The first kappa shape index (κ1) is 18.7. The van der Waals surface area contributed by atoms with Crippen molar-refractivity contribution >= 4 is 16.7 Å². The molecule has 3 nitrogen and oxygen atoms in total. The molecule has 1 fully saturated rings. The third kappa shape index (κ3) is 3.95. The summed E-state index contributed by atoms with van der Waals surface area (Å²) in [6.07, 6.45) is 1.98. The monoisotopic (exact) mass is 373 g/mol. The van der Waals surface area contributed by atoms with E-state index in [1.165, 1.54) is 16.3 Å². The molecule has 0 bridgehead atoms. The van der Waals surface area contributed by atoms with E-state index in [1.54, 1.807) is 0 Å². The Bertz CT molecular complexity index is 932. The number of rotatable bonds is 5. The summed E-state index contributed by atoms with van der Waals surface area (Å²) < 4.78 is 5.71. The number of hydrogen-bond acceptors (Lipinski definition) is 2. The number of carbonyl (C=O) groups is 1. The largest absolute Gasteiger partial charge is 0.377 e. The van der Waals surface area contributed by atoms with Crippen LogP contribution in [0.3, 0.4) is 0 Å². The molecule has 1 amide bonds. The summed E-state index contributed by atoms with van der Waals surface area (Å²) in [6, 6.07) is 24.8. The fraction of sp³-hybridized carbons (Fsp3) is 0.320. The molecule has 144 valence electrons. The normalized spacial score (nSPS) is 18.2. The van der Waals surface area contributed by atoms with Crippen LogP contribution >= 0.6 is 0 Å². The number of hydrogen-bond donors (Lipinski definition) is 0. The van der Waals surface area contributed by atoms with Crippen LogP contribution in [0, 0.1) is 0 Å². The highest BCUT2D eigenvalue weighted by Crippen LogP contribution is 2.30. The van der Waals surface area contributed by atoms with Crippen LogP contribution in [0.4, 0.5) is 0 Å². The lowest BCUT2D eigenvalue weighted by molar-refractivity contribution is -0.00506. The highest BCUT2D eigenvalue weighted by molar-refractivity contribution is 5.94. The first-order valence-electron chi connectivity index (χ1n) is 10.2. The summed E-state index contributed by atoms with van der Waals surface area (Å²) >= 11 is 0. The van der Waals surface area contributed by atoms with Gasteiger partial charge < -0.3 is 9.64 Å². The standard InChI is InChI=1S/C25H27NO2/c1-19(23-13-7-11-20-8-5-6-12-24(20)23)14-15-22-18-28-17-16-26(22)25(27)21-9-3-2-4-10-21/h2-13,19,22H,14-18H2,1H3/t19-,22?/m0/s1. The maximum Gasteiger partial charge on any atom is 0.254 e. The van der Waals surface area contributed by atoms with Gasteiger partial charge in [-0.25, -0.2) is 0 Å². The van der Waals surface area contributed by atoms with Crippen LogP contribution in [-0.2, 0) is 4.74 Å². The van der Waals surface area contributed by atoms with Crippen molar-refractivity contribution in [3.8, 4) is 0 Å². The predicted octanol–water partition coefficient (Wildman–Crippen LogP) is 5.26. The average molecular weight is 373 g/mol. The molecule has 0 aromatic heterocycles. The van der Waals surface area contributed by atoms with Crippen molar-refractivity contribution in [3.63, 3.8) is 0 Å². The molecule has 4 rings (SSSR count). The molecule has 1 heterocycles. The van der Waals surface area contributed by atoms with Crippen molar-refractivity contribution in [3.05, 3.63) is 83.9 Å². The van der Waals surface area contributed by atoms with Gasteiger partial charge in [-0.15, -0.1) is 0 Å². The van der Waals surface area contributed by atoms with Crippen molar-refractivity contribution in [2.24, 2.45) is 0 Å². The second-order valence-electron chi connectivity index (χ2n) is 7.64. The number of ether oxygens (including phenoxy) is 1. The summed E-state index contributed by atoms with van der Waals surface area (Å²) in [6.45, 7) is 4.20. The molecule has 2 atom stereocenters. The molecule has 1 unspecified atom stereocenters. The van der Waals surface area contributed by atoms with Gasteiger partial charge in [0.15, 0.2) is 0 Å². The number of nitrogens with zero attached hydrogens (tertiary/aromatic N) is 1. The maximum absolute atomic E-state index is 13.0. The molecular weight excluding hydrogens is 346 g/mol. The Morgan fingerprint density at radius 1 is 1.04 bits per heavy atom. The van der Waals surface area contributed by atoms with Gasteiger partial charge in [0, 0.05) is 12.1 Å². The first-order valence-corrected chi connectivity index (χ1v) is 10.2. The number of fused-ring (bicyclic) bond motifs is 1. The second-order valence-corrected chi connectivity index (χ2v) is 7.64. The van der Waals surface area contributed by atoms with E-state index in [1.807, 2.05) is 35.2 Å². The van der Waals surface area contributed by atoms with E-state index in [0.29, 0.717) is 25.7 Å². The Balaban J connectivity index is 1.47. The SMILES string of the molecule is C[C@@H](CCC1COCCN1C(=O)c1ccccc1)c1cccc2ccccc12. The van der Waals surface area contributed by atoms with Crippen LogP contribution in [0.2, 0.25) is 0 Å². The molecule has 1 aliphatic rings. The van der Waals surface area contributed by atoms with Crippen molar-refractivity contribution < 1.29 is 9.53 Å². The van der Waals surface area contributed by atoms with E-state index >= 15 is 0 Å². The molecule has 0 radical (unpaired) electrons. The zero-order valence-electron chi connectivity index (χ0n) is 16.4. The molecule has 3 aromatic rings. The van der Waals surface area contributed by atoms with Crippen molar-refractivity contribution in [1.82, 2.24) is 4.90 Å². The van der Waals surface area contributed by atoms with Gasteiger partial charge in [-0.1, -0.05) is 67.6 Å². The van der Waals surface area contributed by atoms with Gasteiger partial charge in [-0.05, 0) is 47.2 Å². The molecule has 3 aromatic carbocycles. The molecular formula is C25H27NO2. The third-order valence-corrected chi connectivity index (χ3v) is 5.80. The van der Waals surface area contributed by atoms with E-state index < -0.39 is 0 Å². The van der Waals surface area contributed by atoms with Gasteiger partial charge in [-0.3, -0.25) is 4.79 Å². The maximum atomic E-state index is 13.0. The summed E-state index contributed by atoms with van der Waals surface area (Å²) in [5, 5.41) is 2.61. The van der Waals surface area contributed by atoms with Gasteiger partial charge in [0.05, 0.1) is 19.3 Å². The Labute approximate surface area is 166 Å². The predicted molar refractivity (Wildman–Crippen MR) is 114 cm³/mol. The molecule has 1 saturated heterocycles. The van der Waals surface area contributed by atoms with Crippen molar-refractivity contribution in [2.45, 2.75) is 31.7 Å². The van der Waals surface area contributed by atoms with Gasteiger partial charge in [-0.2, -0.15) is 0 Å². The van der Waals surface area contributed by atoms with Crippen LogP contribution < -0.4 is 0 Å². The number of amides is 1. The minimum atomic E-state index is 0.117. The van der Waals surface area contributed by atoms with E-state index in [2.05, 4.69) is 49.4 Å². The Hall–Kier alpha value is -2.65. The molecule has 28 heavy (non-hydrogen) atoms. The minimum Gasteiger partial charge on any atom is -0.377 e. The van der Waals surface area contributed by atoms with Crippen LogP contribution in [0.1, 0.15) is 41.6 Å². The zero-order chi connectivity index (χ0) is 19.3. The lowest BCUT2D eigenvalue weighted by atomic mass is 9.90. The average Bonchev–Trinajstić information content (AvgIpc) is 2.77. The Morgan fingerprint density at radius 2 is 1.79 bits per heavy atom. The van der Waals surface area contributed by atoms with Gasteiger partial charge in [0.1, 0.15) is 0 Å². The van der Waals surface area contributed by atoms with Gasteiger partial charge >= 0.3 is 0 Å². The van der Waals surface area contributed by atoms with Crippen LogP contribution in [0.5, 0.6) is 0 Å². The Morgan fingerprint density at radius 3 is 2.64 bits per heavy atom. The molecule has 0 aliphatic carbocycles. The fourth-order valence-electron chi connectivity index (χ4n) is 4.19. The van der Waals surface area contributed by atoms with Gasteiger partial charge in [0.2, 0.25) is 0 Å². The molecule has 1 aliphatic heterocycles. The van der Waals surface area contributed by atoms with Crippen molar-refractivity contribution in [1.29, 1.82) is 0 Å². The lowest BCUT2D eigenvalue weighted by Crippen LogP contribution is -2.48. The summed E-state index contributed by atoms with van der Waals surface area (Å²) in [7, 11) is 0. The van der Waals surface area contributed by atoms with Crippen LogP contribution in [0.15, 0.2) is 72.8 Å². The summed E-state index contributed by atoms with van der Waals surface area (Å²) in [5.41, 5.74) is 2.15. The molecule has 0 N–H and O–H groups in total. The Kier molecular flexibility index (Phi) is 5.73. The van der Waals surface area contributed by atoms with Crippen LogP contribution in [0.25, 0.3) is 10.8 Å². The molecule has 0 spiro atoms. The van der Waals surface area contributed by atoms with Crippen molar-refractivity contribution in [2.75, 3.05) is 19.8 Å². The highest BCUT2D eigenvalue weighted by Gasteiger charge is 2.28. The van der Waals surface area contributed by atoms with E-state index in [4.69, 9.17) is 4.74 Å². The number of morpholine rings is 1. The summed E-state index contributed by atoms with van der Waals surface area (Å²) in [4.78, 5) is 15.0. The number of benzene rings is 3. The van der Waals surface area contributed by atoms with E-state index in [9.17, 15) is 4.79 Å². The third-order valence-electron chi connectivity index (χ3n) is 5.80. The lowest BCUT2D eigenvalue weighted by Gasteiger charge is -2.36. The quantitative estimate of drug-likeness (QED) is 0.610. The molecule has 0 saturated carbocycles. The zero-order valence-corrected chi connectivity index (χ0v) is 16.4. The van der Waals surface area contributed by atoms with E-state index in [0.717, 1.165) is 18.4 Å². The minimum absolute atomic E-state index is 0.117. The smallest absolute Gasteiger partial charge is 0.254 e. The van der Waals surface area contributed by atoms with E-state index in [-0.39, 0.29) is 11.9 Å². The first-order chi connectivity index (χ1) is 13.7. The van der Waals surface area contributed by atoms with Crippen LogP contribution in [-0.4, -0.2) is 36.6 Å².